The Morgan fingerprint density at radius 2 is 1.86 bits per heavy atom. The fourth-order valence-electron chi connectivity index (χ4n) is 1.60. The summed E-state index contributed by atoms with van der Waals surface area (Å²) in [6.45, 7) is 0. The van der Waals surface area contributed by atoms with E-state index < -0.39 is 25.6 Å². The molecule has 2 unspecified atom stereocenters. The van der Waals surface area contributed by atoms with Crippen molar-refractivity contribution in [1.29, 1.82) is 0 Å². The van der Waals surface area contributed by atoms with Gasteiger partial charge in [0, 0.05) is 7.11 Å². The molecule has 0 bridgehead atoms. The third-order valence-electron chi connectivity index (χ3n) is 2.83. The molecular formula is C13H18NO7P. The first-order chi connectivity index (χ1) is 10.3. The molecule has 0 spiro atoms. The van der Waals surface area contributed by atoms with Gasteiger partial charge >= 0.3 is 19.5 Å². The van der Waals surface area contributed by atoms with E-state index >= 15 is 0 Å². The fourth-order valence-corrected chi connectivity index (χ4v) is 2.98. The van der Waals surface area contributed by atoms with Gasteiger partial charge in [0.2, 0.25) is 0 Å². The Kier molecular flexibility index (Phi) is 6.55. The fraction of sp³-hybridized carbons (Fsp3) is 0.385. The Bertz CT molecular complexity index is 572. The lowest BCUT2D eigenvalue weighted by atomic mass is 10.1. The summed E-state index contributed by atoms with van der Waals surface area (Å²) in [5.74, 6) is -1.91. The average molecular weight is 331 g/mol. The predicted octanol–water partition coefficient (Wildman–Crippen LogP) is 1.33. The van der Waals surface area contributed by atoms with Crippen molar-refractivity contribution in [3.8, 4) is 5.75 Å². The largest absolute Gasteiger partial charge is 0.481 e. The smallest absolute Gasteiger partial charge is 0.378 e. The second-order valence-corrected chi connectivity index (χ2v) is 6.77. The minimum atomic E-state index is -3.52. The number of aliphatic carboxylic acids is 2. The van der Waals surface area contributed by atoms with Gasteiger partial charge in [-0.2, -0.15) is 0 Å². The minimum Gasteiger partial charge on any atom is -0.481 e. The van der Waals surface area contributed by atoms with Crippen LogP contribution in [0.1, 0.15) is 12.0 Å². The van der Waals surface area contributed by atoms with Crippen LogP contribution in [0, 0.1) is 0 Å². The third-order valence-corrected chi connectivity index (χ3v) is 4.68. The molecule has 2 atom stereocenters. The molecule has 0 aliphatic carbocycles. The van der Waals surface area contributed by atoms with Crippen molar-refractivity contribution >= 4 is 19.5 Å². The topological polar surface area (TPSA) is 136 Å². The SMILES string of the molecule is COP(=O)(CCC(N)C(=O)O)Oc1ccc(CC(=O)O)cc1. The van der Waals surface area contributed by atoms with Crippen molar-refractivity contribution < 1.29 is 33.4 Å². The number of rotatable bonds is 9. The maximum atomic E-state index is 12.4. The van der Waals surface area contributed by atoms with Crippen molar-refractivity contribution in [3.63, 3.8) is 0 Å². The number of carboxylic acids is 2. The van der Waals surface area contributed by atoms with Gasteiger partial charge in [-0.3, -0.25) is 9.59 Å². The highest BCUT2D eigenvalue weighted by atomic mass is 31.2. The van der Waals surface area contributed by atoms with Gasteiger partial charge in [0.05, 0.1) is 12.6 Å². The molecule has 1 aromatic carbocycles. The van der Waals surface area contributed by atoms with Crippen LogP contribution in [0.4, 0.5) is 0 Å². The average Bonchev–Trinajstić information content (AvgIpc) is 2.46. The molecule has 0 radical (unpaired) electrons. The highest BCUT2D eigenvalue weighted by molar-refractivity contribution is 7.54. The quantitative estimate of drug-likeness (QED) is 0.577. The molecular weight excluding hydrogens is 313 g/mol. The van der Waals surface area contributed by atoms with Crippen LogP contribution in [0.3, 0.4) is 0 Å². The summed E-state index contributed by atoms with van der Waals surface area (Å²) >= 11 is 0. The predicted molar refractivity (Wildman–Crippen MR) is 78.1 cm³/mol. The molecule has 1 aromatic rings. The lowest BCUT2D eigenvalue weighted by Crippen LogP contribution is -2.31. The van der Waals surface area contributed by atoms with Gasteiger partial charge in [-0.25, -0.2) is 4.57 Å². The van der Waals surface area contributed by atoms with Crippen molar-refractivity contribution in [3.05, 3.63) is 29.8 Å². The van der Waals surface area contributed by atoms with Crippen molar-refractivity contribution in [2.75, 3.05) is 13.3 Å². The Morgan fingerprint density at radius 3 is 2.32 bits per heavy atom. The van der Waals surface area contributed by atoms with E-state index in [9.17, 15) is 14.2 Å². The van der Waals surface area contributed by atoms with Gasteiger partial charge in [-0.05, 0) is 24.1 Å². The Balaban J connectivity index is 2.70. The molecule has 22 heavy (non-hydrogen) atoms. The molecule has 0 aromatic heterocycles. The zero-order chi connectivity index (χ0) is 16.8. The first-order valence-corrected chi connectivity index (χ1v) is 8.12. The second kappa shape index (κ2) is 7.93. The van der Waals surface area contributed by atoms with Crippen LogP contribution in [-0.4, -0.2) is 41.5 Å². The first kappa shape index (κ1) is 18.2. The molecule has 0 amide bonds. The molecule has 0 heterocycles. The van der Waals surface area contributed by atoms with Crippen molar-refractivity contribution in [2.45, 2.75) is 18.9 Å². The monoisotopic (exact) mass is 331 g/mol. The van der Waals surface area contributed by atoms with E-state index in [1.165, 1.54) is 31.4 Å². The molecule has 122 valence electrons. The van der Waals surface area contributed by atoms with Crippen LogP contribution in [-0.2, 0) is 25.1 Å². The van der Waals surface area contributed by atoms with Gasteiger partial charge < -0.3 is 25.0 Å². The summed E-state index contributed by atoms with van der Waals surface area (Å²) in [6, 6.07) is 4.87. The number of carboxylic acid groups (broad SMARTS) is 2. The first-order valence-electron chi connectivity index (χ1n) is 6.39. The van der Waals surface area contributed by atoms with Gasteiger partial charge in [-0.15, -0.1) is 0 Å². The lowest BCUT2D eigenvalue weighted by Gasteiger charge is -2.18. The van der Waals surface area contributed by atoms with Crippen LogP contribution >= 0.6 is 7.60 Å². The highest BCUT2D eigenvalue weighted by Gasteiger charge is 2.27. The van der Waals surface area contributed by atoms with E-state index in [-0.39, 0.29) is 24.8 Å². The van der Waals surface area contributed by atoms with E-state index in [1.807, 2.05) is 0 Å². The highest BCUT2D eigenvalue weighted by Crippen LogP contribution is 2.48. The van der Waals surface area contributed by atoms with Gasteiger partial charge in [0.1, 0.15) is 11.8 Å². The van der Waals surface area contributed by atoms with Crippen LogP contribution < -0.4 is 10.3 Å². The van der Waals surface area contributed by atoms with Crippen molar-refractivity contribution in [1.82, 2.24) is 0 Å². The zero-order valence-electron chi connectivity index (χ0n) is 12.0. The van der Waals surface area contributed by atoms with Crippen LogP contribution in [0.25, 0.3) is 0 Å². The molecule has 0 fully saturated rings. The van der Waals surface area contributed by atoms with E-state index in [2.05, 4.69) is 0 Å². The molecule has 0 aliphatic heterocycles. The van der Waals surface area contributed by atoms with Crippen LogP contribution in [0.2, 0.25) is 0 Å². The third kappa shape index (κ3) is 5.85. The van der Waals surface area contributed by atoms with Gasteiger partial charge in [0.25, 0.3) is 0 Å². The molecule has 4 N–H and O–H groups in total. The standard InChI is InChI=1S/C13H18NO7P/c1-20-22(19,7-6-11(14)13(17)18)21-10-4-2-9(3-5-10)8-12(15)16/h2-5,11H,6-8,14H2,1H3,(H,15,16)(H,17,18). The molecule has 0 aliphatic rings. The summed E-state index contributed by atoms with van der Waals surface area (Å²) in [5.41, 5.74) is 5.92. The number of hydrogen-bond acceptors (Lipinski definition) is 6. The van der Waals surface area contributed by atoms with Crippen molar-refractivity contribution in [2.24, 2.45) is 5.73 Å². The van der Waals surface area contributed by atoms with Crippen LogP contribution in [0.5, 0.6) is 5.75 Å². The Hall–Kier alpha value is -1.89. The maximum Gasteiger partial charge on any atom is 0.378 e. The maximum absolute atomic E-state index is 12.4. The van der Waals surface area contributed by atoms with Gasteiger partial charge in [0.15, 0.2) is 0 Å². The molecule has 9 heteroatoms. The Morgan fingerprint density at radius 1 is 1.27 bits per heavy atom. The number of benzene rings is 1. The van der Waals surface area contributed by atoms with E-state index in [0.717, 1.165) is 0 Å². The molecule has 8 nitrogen and oxygen atoms in total. The van der Waals surface area contributed by atoms with E-state index in [0.29, 0.717) is 5.56 Å². The lowest BCUT2D eigenvalue weighted by molar-refractivity contribution is -0.138. The zero-order valence-corrected chi connectivity index (χ0v) is 12.9. The molecule has 0 saturated carbocycles. The summed E-state index contributed by atoms with van der Waals surface area (Å²) in [6.07, 6.45) is -0.332. The summed E-state index contributed by atoms with van der Waals surface area (Å²) in [5, 5.41) is 17.4. The van der Waals surface area contributed by atoms with E-state index in [4.69, 9.17) is 25.0 Å². The number of hydrogen-bond donors (Lipinski definition) is 3. The second-order valence-electron chi connectivity index (χ2n) is 4.56. The van der Waals surface area contributed by atoms with Gasteiger partial charge in [-0.1, -0.05) is 12.1 Å². The summed E-state index contributed by atoms with van der Waals surface area (Å²) in [4.78, 5) is 21.2. The number of nitrogens with two attached hydrogens (primary N) is 1. The normalized spacial score (nSPS) is 14.8. The van der Waals surface area contributed by atoms with Crippen LogP contribution in [0.15, 0.2) is 24.3 Å². The number of carbonyl (C=O) groups is 2. The summed E-state index contributed by atoms with van der Waals surface area (Å²) < 4.78 is 22.5. The molecule has 1 rings (SSSR count). The molecule has 0 saturated heterocycles. The van der Waals surface area contributed by atoms with E-state index in [1.54, 1.807) is 0 Å². The Labute approximate surface area is 127 Å². The minimum absolute atomic E-state index is 0.0580. The summed E-state index contributed by atoms with van der Waals surface area (Å²) in [7, 11) is -2.32.